The lowest BCUT2D eigenvalue weighted by molar-refractivity contribution is 0.0163. The molecule has 0 atom stereocenters. The Morgan fingerprint density at radius 2 is 2.21 bits per heavy atom. The number of benzene rings is 1. The van der Waals surface area contributed by atoms with Gasteiger partial charge in [-0.15, -0.1) is 11.8 Å². The van der Waals surface area contributed by atoms with E-state index in [9.17, 15) is 9.18 Å². The van der Waals surface area contributed by atoms with Crippen LogP contribution in [-0.2, 0) is 11.9 Å². The number of carbonyl (C=O) groups excluding carboxylic acids is 1. The number of thioether (sulfide) groups is 1. The van der Waals surface area contributed by atoms with Gasteiger partial charge in [-0.2, -0.15) is 0 Å². The number of amides is 1. The molecule has 3 aromatic rings. The van der Waals surface area contributed by atoms with E-state index in [0.29, 0.717) is 21.8 Å². The van der Waals surface area contributed by atoms with Gasteiger partial charge in [0.1, 0.15) is 5.69 Å². The molecule has 7 nitrogen and oxygen atoms in total. The average molecular weight is 425 g/mol. The molecule has 0 aliphatic rings. The number of aromatic nitrogens is 2. The highest BCUT2D eigenvalue weighted by Crippen LogP contribution is 2.36. The van der Waals surface area contributed by atoms with E-state index in [1.165, 1.54) is 10.8 Å². The standard InChI is InChI=1S/C18H18ClFN4O3S/c1-24-16-11(8-21-9-13(16)20)15(17(24)18(26)23-27-6-5-25)22-14-4-3-10(28-2)7-12(14)19/h3-4,7-9,22,25H,5-6H2,1-2H3,(H,23,26). The number of hydrogen-bond acceptors (Lipinski definition) is 6. The maximum Gasteiger partial charge on any atom is 0.293 e. The van der Waals surface area contributed by atoms with Gasteiger partial charge in [0.05, 0.1) is 41.3 Å². The number of nitrogens with zero attached hydrogens (tertiary/aromatic N) is 2. The van der Waals surface area contributed by atoms with Gasteiger partial charge < -0.3 is 15.0 Å². The van der Waals surface area contributed by atoms with E-state index >= 15 is 0 Å². The van der Waals surface area contributed by atoms with Crippen molar-refractivity contribution in [1.82, 2.24) is 15.0 Å². The first-order valence-corrected chi connectivity index (χ1v) is 9.83. The quantitative estimate of drug-likeness (QED) is 0.306. The topological polar surface area (TPSA) is 88.4 Å². The van der Waals surface area contributed by atoms with E-state index in [0.717, 1.165) is 11.1 Å². The number of aliphatic hydroxyl groups is 1. The van der Waals surface area contributed by atoms with Crippen LogP contribution in [0.2, 0.25) is 5.02 Å². The fourth-order valence-corrected chi connectivity index (χ4v) is 3.55. The molecule has 2 heterocycles. The molecule has 0 aliphatic carbocycles. The minimum absolute atomic E-state index is 0.0731. The number of aliphatic hydroxyl groups excluding tert-OH is 1. The lowest BCUT2D eigenvalue weighted by Crippen LogP contribution is -2.27. The van der Waals surface area contributed by atoms with Crippen LogP contribution in [0.5, 0.6) is 0 Å². The number of nitrogens with one attached hydrogen (secondary N) is 2. The molecule has 0 spiro atoms. The summed E-state index contributed by atoms with van der Waals surface area (Å²) in [5.74, 6) is -1.17. The molecule has 148 valence electrons. The number of hydroxylamine groups is 1. The fraction of sp³-hybridized carbons (Fsp3) is 0.222. The highest BCUT2D eigenvalue weighted by atomic mass is 35.5. The predicted molar refractivity (Wildman–Crippen MR) is 108 cm³/mol. The Morgan fingerprint density at radius 3 is 2.89 bits per heavy atom. The lowest BCUT2D eigenvalue weighted by Gasteiger charge is -2.12. The summed E-state index contributed by atoms with van der Waals surface area (Å²) in [6.45, 7) is -0.327. The summed E-state index contributed by atoms with van der Waals surface area (Å²) < 4.78 is 15.8. The Bertz CT molecular complexity index is 1030. The Hall–Kier alpha value is -2.33. The molecule has 3 N–H and O–H groups in total. The first-order chi connectivity index (χ1) is 13.5. The number of halogens is 2. The van der Waals surface area contributed by atoms with Crippen molar-refractivity contribution in [3.63, 3.8) is 0 Å². The van der Waals surface area contributed by atoms with E-state index < -0.39 is 11.7 Å². The van der Waals surface area contributed by atoms with Crippen molar-refractivity contribution in [3.05, 3.63) is 47.1 Å². The van der Waals surface area contributed by atoms with Crippen LogP contribution < -0.4 is 10.8 Å². The van der Waals surface area contributed by atoms with E-state index in [4.69, 9.17) is 21.5 Å². The summed E-state index contributed by atoms with van der Waals surface area (Å²) in [6.07, 6.45) is 4.49. The third-order valence-corrected chi connectivity index (χ3v) is 5.10. The minimum Gasteiger partial charge on any atom is -0.394 e. The SMILES string of the molecule is CSc1ccc(Nc2c(C(=O)NOCCO)n(C)c3c(F)cncc23)c(Cl)c1. The largest absolute Gasteiger partial charge is 0.394 e. The zero-order valence-electron chi connectivity index (χ0n) is 15.1. The second-order valence-corrected chi connectivity index (χ2v) is 7.06. The van der Waals surface area contributed by atoms with Crippen LogP contribution in [0.4, 0.5) is 15.8 Å². The fourth-order valence-electron chi connectivity index (χ4n) is 2.82. The van der Waals surface area contributed by atoms with Crippen LogP contribution >= 0.6 is 23.4 Å². The smallest absolute Gasteiger partial charge is 0.293 e. The average Bonchev–Trinajstić information content (AvgIpc) is 2.96. The summed E-state index contributed by atoms with van der Waals surface area (Å²) in [6, 6.07) is 5.46. The third kappa shape index (κ3) is 3.93. The number of rotatable bonds is 7. The zero-order valence-corrected chi connectivity index (χ0v) is 16.7. The Kier molecular flexibility index (Phi) is 6.40. The molecule has 28 heavy (non-hydrogen) atoms. The number of hydrogen-bond donors (Lipinski definition) is 3. The molecule has 0 saturated carbocycles. The molecule has 1 amide bonds. The van der Waals surface area contributed by atoms with Crippen molar-refractivity contribution >= 4 is 51.5 Å². The van der Waals surface area contributed by atoms with Crippen LogP contribution in [0, 0.1) is 5.82 Å². The third-order valence-electron chi connectivity index (χ3n) is 4.06. The predicted octanol–water partition coefficient (Wildman–Crippen LogP) is 3.49. The van der Waals surface area contributed by atoms with Gasteiger partial charge >= 0.3 is 0 Å². The molecule has 2 aromatic heterocycles. The number of pyridine rings is 1. The normalized spacial score (nSPS) is 11.0. The van der Waals surface area contributed by atoms with Gasteiger partial charge in [0.2, 0.25) is 0 Å². The maximum absolute atomic E-state index is 14.4. The Morgan fingerprint density at radius 1 is 1.43 bits per heavy atom. The first kappa shape index (κ1) is 20.4. The maximum atomic E-state index is 14.4. The minimum atomic E-state index is -0.606. The van der Waals surface area contributed by atoms with Gasteiger partial charge in [-0.05, 0) is 24.5 Å². The molecule has 0 fully saturated rings. The molecule has 0 radical (unpaired) electrons. The lowest BCUT2D eigenvalue weighted by atomic mass is 10.2. The second-order valence-electron chi connectivity index (χ2n) is 5.77. The van der Waals surface area contributed by atoms with Crippen molar-refractivity contribution in [2.45, 2.75) is 4.90 Å². The second kappa shape index (κ2) is 8.78. The molecule has 0 unspecified atom stereocenters. The van der Waals surface area contributed by atoms with Crippen LogP contribution in [-0.4, -0.2) is 40.0 Å². The molecule has 0 saturated heterocycles. The first-order valence-electron chi connectivity index (χ1n) is 8.23. The van der Waals surface area contributed by atoms with Crippen LogP contribution in [0.15, 0.2) is 35.5 Å². The Labute approximate surface area is 169 Å². The summed E-state index contributed by atoms with van der Waals surface area (Å²) in [4.78, 5) is 22.4. The highest BCUT2D eigenvalue weighted by Gasteiger charge is 2.24. The van der Waals surface area contributed by atoms with Crippen LogP contribution in [0.3, 0.4) is 0 Å². The molecular weight excluding hydrogens is 407 g/mol. The highest BCUT2D eigenvalue weighted by molar-refractivity contribution is 7.98. The molecule has 0 bridgehead atoms. The van der Waals surface area contributed by atoms with Gasteiger partial charge in [-0.3, -0.25) is 14.6 Å². The van der Waals surface area contributed by atoms with E-state index in [-0.39, 0.29) is 24.4 Å². The van der Waals surface area contributed by atoms with Crippen LogP contribution in [0.25, 0.3) is 10.9 Å². The summed E-state index contributed by atoms with van der Waals surface area (Å²) in [5.41, 5.74) is 3.48. The summed E-state index contributed by atoms with van der Waals surface area (Å²) in [7, 11) is 1.57. The number of aryl methyl sites for hydroxylation is 1. The monoisotopic (exact) mass is 424 g/mol. The van der Waals surface area contributed by atoms with E-state index in [2.05, 4.69) is 15.8 Å². The van der Waals surface area contributed by atoms with Gasteiger partial charge in [0, 0.05) is 23.5 Å². The van der Waals surface area contributed by atoms with E-state index in [1.807, 2.05) is 12.3 Å². The molecule has 3 rings (SSSR count). The number of anilines is 2. The number of carbonyl (C=O) groups is 1. The number of fused-ring (bicyclic) bond motifs is 1. The summed E-state index contributed by atoms with van der Waals surface area (Å²) >= 11 is 7.91. The Balaban J connectivity index is 2.10. The van der Waals surface area contributed by atoms with Crippen LogP contribution in [0.1, 0.15) is 10.5 Å². The van der Waals surface area contributed by atoms with Crippen molar-refractivity contribution < 1.29 is 19.1 Å². The molecular formula is C18H18ClFN4O3S. The van der Waals surface area contributed by atoms with Crippen molar-refractivity contribution in [2.75, 3.05) is 24.8 Å². The molecule has 0 aliphatic heterocycles. The van der Waals surface area contributed by atoms with Gasteiger partial charge in [-0.1, -0.05) is 11.6 Å². The summed E-state index contributed by atoms with van der Waals surface area (Å²) in [5, 5.41) is 12.8. The van der Waals surface area contributed by atoms with Gasteiger partial charge in [-0.25, -0.2) is 9.87 Å². The van der Waals surface area contributed by atoms with Crippen molar-refractivity contribution in [2.24, 2.45) is 7.05 Å². The van der Waals surface area contributed by atoms with Crippen molar-refractivity contribution in [1.29, 1.82) is 0 Å². The van der Waals surface area contributed by atoms with Gasteiger partial charge in [0.15, 0.2) is 5.82 Å². The zero-order chi connectivity index (χ0) is 20.3. The molecule has 1 aromatic carbocycles. The van der Waals surface area contributed by atoms with Crippen molar-refractivity contribution in [3.8, 4) is 0 Å². The van der Waals surface area contributed by atoms with Gasteiger partial charge in [0.25, 0.3) is 5.91 Å². The van der Waals surface area contributed by atoms with E-state index in [1.54, 1.807) is 30.9 Å². The molecule has 10 heteroatoms.